The minimum Gasteiger partial charge on any atom is -0.456 e. The molecule has 0 N–H and O–H groups in total. The Morgan fingerprint density at radius 2 is 1.88 bits per heavy atom. The molecule has 164 valence electrons. The average molecular weight is 433 g/mol. The van der Waals surface area contributed by atoms with E-state index in [1.807, 2.05) is 6.07 Å². The Morgan fingerprint density at radius 3 is 2.56 bits per heavy atom. The number of unbranched alkanes of at least 4 members (excludes halogenated alkanes) is 3. The molecule has 1 aliphatic rings. The second-order valence-corrected chi connectivity index (χ2v) is 7.47. The molecule has 1 aromatic carbocycles. The minimum atomic E-state index is -0.580. The van der Waals surface area contributed by atoms with E-state index in [2.05, 4.69) is 6.92 Å². The summed E-state index contributed by atoms with van der Waals surface area (Å²) in [4.78, 5) is 37.6. The highest BCUT2D eigenvalue weighted by atomic mass is 16.6. The molecule has 0 atom stereocenters. The molecule has 0 spiro atoms. The van der Waals surface area contributed by atoms with Crippen molar-refractivity contribution in [2.45, 2.75) is 39.5 Å². The van der Waals surface area contributed by atoms with Crippen LogP contribution in [0, 0.1) is 21.4 Å². The Balaban J connectivity index is 1.96. The zero-order valence-corrected chi connectivity index (χ0v) is 18.0. The second kappa shape index (κ2) is 9.88. The van der Waals surface area contributed by atoms with Gasteiger partial charge in [-0.25, -0.2) is 0 Å². The summed E-state index contributed by atoms with van der Waals surface area (Å²) in [5, 5.41) is 20.8. The van der Waals surface area contributed by atoms with Crippen LogP contribution in [0.1, 0.15) is 45.3 Å². The first-order valence-electron chi connectivity index (χ1n) is 10.4. The van der Waals surface area contributed by atoms with Gasteiger partial charge in [0.25, 0.3) is 17.5 Å². The third kappa shape index (κ3) is 4.52. The van der Waals surface area contributed by atoms with E-state index in [1.165, 1.54) is 12.1 Å². The van der Waals surface area contributed by atoms with E-state index < -0.39 is 16.7 Å². The Morgan fingerprint density at radius 1 is 1.12 bits per heavy atom. The summed E-state index contributed by atoms with van der Waals surface area (Å²) in [7, 11) is 0. The van der Waals surface area contributed by atoms with Gasteiger partial charge in [0.2, 0.25) is 0 Å². The number of para-hydroxylation sites is 1. The smallest absolute Gasteiger partial charge is 0.280 e. The first kappa shape index (κ1) is 22.7. The Labute approximate surface area is 185 Å². The lowest BCUT2D eigenvalue weighted by Gasteiger charge is -2.27. The number of nitrogens with zero attached hydrogens (tertiary/aromatic N) is 3. The Hall–Kier alpha value is -3.99. The highest BCUT2D eigenvalue weighted by Gasteiger charge is 2.35. The number of furan rings is 1. The quantitative estimate of drug-likeness (QED) is 0.189. The highest BCUT2D eigenvalue weighted by Crippen LogP contribution is 2.33. The van der Waals surface area contributed by atoms with Crippen LogP contribution in [0.3, 0.4) is 0 Å². The number of rotatable bonds is 8. The van der Waals surface area contributed by atoms with Crippen LogP contribution in [0.5, 0.6) is 0 Å². The van der Waals surface area contributed by atoms with Crippen molar-refractivity contribution < 1.29 is 18.9 Å². The third-order valence-electron chi connectivity index (χ3n) is 5.34. The molecule has 0 saturated heterocycles. The van der Waals surface area contributed by atoms with Crippen molar-refractivity contribution in [2.75, 3.05) is 6.54 Å². The summed E-state index contributed by atoms with van der Waals surface area (Å²) in [5.41, 5.74) is 0.629. The monoisotopic (exact) mass is 433 g/mol. The minimum absolute atomic E-state index is 0.0724. The third-order valence-corrected chi connectivity index (χ3v) is 5.34. The standard InChI is InChI=1S/C24H23N3O5/c1-3-4-5-8-13-26-23(28)19(16(2)20(15-25)24(26)29)14-17-11-12-22(32-17)18-9-6-7-10-21(18)27(30)31/h6-7,9-12,14H,3-5,8,13H2,1-2H3/b19-14+. The van der Waals surface area contributed by atoms with Crippen LogP contribution in [0.4, 0.5) is 5.69 Å². The lowest BCUT2D eigenvalue weighted by atomic mass is 9.94. The van der Waals surface area contributed by atoms with Gasteiger partial charge in [0.15, 0.2) is 0 Å². The number of hydrogen-bond donors (Lipinski definition) is 0. The fourth-order valence-electron chi connectivity index (χ4n) is 3.59. The number of nitro benzene ring substituents is 1. The predicted octanol–water partition coefficient (Wildman–Crippen LogP) is 5.03. The molecule has 32 heavy (non-hydrogen) atoms. The Bertz CT molecular complexity index is 1170. The molecule has 0 aliphatic carbocycles. The van der Waals surface area contributed by atoms with Crippen molar-refractivity contribution in [1.82, 2.24) is 4.90 Å². The van der Waals surface area contributed by atoms with Crippen LogP contribution in [-0.4, -0.2) is 28.2 Å². The van der Waals surface area contributed by atoms with Crippen molar-refractivity contribution >= 4 is 23.6 Å². The van der Waals surface area contributed by atoms with E-state index in [1.54, 1.807) is 37.3 Å². The zero-order chi connectivity index (χ0) is 23.3. The first-order chi connectivity index (χ1) is 15.4. The van der Waals surface area contributed by atoms with Crippen molar-refractivity contribution in [3.8, 4) is 17.4 Å². The van der Waals surface area contributed by atoms with E-state index >= 15 is 0 Å². The maximum Gasteiger partial charge on any atom is 0.280 e. The van der Waals surface area contributed by atoms with Crippen molar-refractivity contribution in [1.29, 1.82) is 5.26 Å². The fraction of sp³-hybridized carbons (Fsp3) is 0.292. The number of imide groups is 1. The summed E-state index contributed by atoms with van der Waals surface area (Å²) in [6.45, 7) is 3.87. The SMILES string of the molecule is CCCCCCN1C(=O)C(C#N)=C(C)/C(=C\c2ccc(-c3ccccc3[N+](=O)[O-])o2)C1=O. The largest absolute Gasteiger partial charge is 0.456 e. The lowest BCUT2D eigenvalue weighted by Crippen LogP contribution is -2.43. The van der Waals surface area contributed by atoms with Gasteiger partial charge in [-0.3, -0.25) is 24.6 Å². The molecular weight excluding hydrogens is 410 g/mol. The van der Waals surface area contributed by atoms with Crippen molar-refractivity contribution in [2.24, 2.45) is 0 Å². The van der Waals surface area contributed by atoms with Crippen LogP contribution in [0.25, 0.3) is 17.4 Å². The van der Waals surface area contributed by atoms with Gasteiger partial charge in [-0.15, -0.1) is 0 Å². The van der Waals surface area contributed by atoms with Crippen LogP contribution in [-0.2, 0) is 9.59 Å². The predicted molar refractivity (Wildman–Crippen MR) is 118 cm³/mol. The molecule has 0 unspecified atom stereocenters. The van der Waals surface area contributed by atoms with Crippen LogP contribution >= 0.6 is 0 Å². The van der Waals surface area contributed by atoms with Crippen LogP contribution in [0.2, 0.25) is 0 Å². The first-order valence-corrected chi connectivity index (χ1v) is 10.4. The average Bonchev–Trinajstić information content (AvgIpc) is 3.25. The summed E-state index contributed by atoms with van der Waals surface area (Å²) in [5.74, 6) is -0.490. The number of hydrogen-bond acceptors (Lipinski definition) is 6. The molecule has 0 radical (unpaired) electrons. The Kier molecular flexibility index (Phi) is 7.00. The number of amides is 2. The number of nitro groups is 1. The number of carbonyl (C=O) groups excluding carboxylic acids is 2. The summed E-state index contributed by atoms with van der Waals surface area (Å²) < 4.78 is 5.76. The molecular formula is C24H23N3O5. The molecule has 2 heterocycles. The molecule has 8 nitrogen and oxygen atoms in total. The van der Waals surface area contributed by atoms with Gasteiger partial charge in [0, 0.05) is 18.2 Å². The maximum absolute atomic E-state index is 13.1. The summed E-state index contributed by atoms with van der Waals surface area (Å²) in [6.07, 6.45) is 5.04. The summed E-state index contributed by atoms with van der Waals surface area (Å²) in [6, 6.07) is 11.3. The lowest BCUT2D eigenvalue weighted by molar-refractivity contribution is -0.384. The molecule has 0 bridgehead atoms. The molecule has 1 aromatic heterocycles. The molecule has 0 fully saturated rings. The number of nitriles is 1. The van der Waals surface area contributed by atoms with E-state index in [-0.39, 0.29) is 34.7 Å². The second-order valence-electron chi connectivity index (χ2n) is 7.47. The van der Waals surface area contributed by atoms with Gasteiger partial charge >= 0.3 is 0 Å². The molecule has 2 amide bonds. The number of benzene rings is 1. The van der Waals surface area contributed by atoms with Gasteiger partial charge in [-0.2, -0.15) is 5.26 Å². The normalized spacial score (nSPS) is 15.4. The van der Waals surface area contributed by atoms with Gasteiger partial charge in [0.05, 0.1) is 10.5 Å². The van der Waals surface area contributed by atoms with Gasteiger partial charge in [-0.05, 0) is 43.2 Å². The van der Waals surface area contributed by atoms with Gasteiger partial charge in [-0.1, -0.05) is 38.3 Å². The van der Waals surface area contributed by atoms with Crippen LogP contribution in [0.15, 0.2) is 57.5 Å². The molecule has 0 saturated carbocycles. The van der Waals surface area contributed by atoms with E-state index in [0.717, 1.165) is 24.2 Å². The molecule has 3 rings (SSSR count). The fourth-order valence-corrected chi connectivity index (χ4v) is 3.59. The topological polar surface area (TPSA) is 117 Å². The highest BCUT2D eigenvalue weighted by molar-refractivity contribution is 6.19. The van der Waals surface area contributed by atoms with Gasteiger partial charge < -0.3 is 4.42 Å². The molecule has 8 heteroatoms. The van der Waals surface area contributed by atoms with Crippen molar-refractivity contribution in [3.63, 3.8) is 0 Å². The maximum atomic E-state index is 13.1. The molecule has 1 aliphatic heterocycles. The van der Waals surface area contributed by atoms with E-state index in [4.69, 9.17) is 4.42 Å². The van der Waals surface area contributed by atoms with Crippen molar-refractivity contribution in [3.05, 3.63) is 69.0 Å². The zero-order valence-electron chi connectivity index (χ0n) is 18.0. The van der Waals surface area contributed by atoms with E-state index in [9.17, 15) is 25.0 Å². The van der Waals surface area contributed by atoms with Crippen LogP contribution < -0.4 is 0 Å². The number of carbonyl (C=O) groups is 2. The van der Waals surface area contributed by atoms with Gasteiger partial charge in [0.1, 0.15) is 23.2 Å². The molecule has 2 aromatic rings. The van der Waals surface area contributed by atoms with E-state index in [0.29, 0.717) is 17.7 Å². The summed E-state index contributed by atoms with van der Waals surface area (Å²) >= 11 is 0.